The van der Waals surface area contributed by atoms with Crippen molar-refractivity contribution in [3.63, 3.8) is 0 Å². The van der Waals surface area contributed by atoms with Crippen LogP contribution in [0.3, 0.4) is 0 Å². The highest BCUT2D eigenvalue weighted by Crippen LogP contribution is 2.17. The number of carboxylic acid groups (broad SMARTS) is 1. The molecule has 0 fully saturated rings. The van der Waals surface area contributed by atoms with Crippen molar-refractivity contribution in [3.05, 3.63) is 34.9 Å². The van der Waals surface area contributed by atoms with Gasteiger partial charge in [-0.25, -0.2) is 4.79 Å². The average Bonchev–Trinajstić information content (AvgIpc) is 2.82. The number of carbonyl (C=O) groups excluding carboxylic acids is 1. The van der Waals surface area contributed by atoms with Crippen LogP contribution in [-0.2, 0) is 17.9 Å². The van der Waals surface area contributed by atoms with E-state index in [1.165, 1.54) is 5.56 Å². The number of nitrogens with one attached hydrogen (secondary N) is 2. The fraction of sp³-hybridized carbons (Fsp3) is 0.385. The van der Waals surface area contributed by atoms with E-state index in [9.17, 15) is 9.59 Å². The maximum atomic E-state index is 11.9. The quantitative estimate of drug-likeness (QED) is 0.739. The Morgan fingerprint density at radius 1 is 1.39 bits per heavy atom. The molecule has 5 nitrogen and oxygen atoms in total. The van der Waals surface area contributed by atoms with Gasteiger partial charge in [0.2, 0.25) is 0 Å². The number of carbonyl (C=O) groups is 2. The number of hydrogen-bond acceptors (Lipinski definition) is 3. The Balaban J connectivity index is 2.12. The minimum atomic E-state index is -1.01. The Labute approximate surface area is 105 Å². The van der Waals surface area contributed by atoms with E-state index < -0.39 is 12.0 Å². The highest BCUT2D eigenvalue weighted by atomic mass is 16.4. The predicted molar refractivity (Wildman–Crippen MR) is 66.2 cm³/mol. The normalized spacial score (nSPS) is 14.9. The van der Waals surface area contributed by atoms with Gasteiger partial charge in [0.1, 0.15) is 6.04 Å². The first-order chi connectivity index (χ1) is 8.61. The van der Waals surface area contributed by atoms with Crippen LogP contribution in [0, 0.1) is 0 Å². The summed E-state index contributed by atoms with van der Waals surface area (Å²) in [7, 11) is 0. The summed E-state index contributed by atoms with van der Waals surface area (Å²) in [4.78, 5) is 22.8. The molecule has 1 aliphatic heterocycles. The van der Waals surface area contributed by atoms with Crippen molar-refractivity contribution in [1.29, 1.82) is 0 Å². The Morgan fingerprint density at radius 3 is 2.78 bits per heavy atom. The zero-order valence-electron chi connectivity index (χ0n) is 10.2. The minimum Gasteiger partial charge on any atom is -0.480 e. The Hall–Kier alpha value is -1.88. The Kier molecular flexibility index (Phi) is 3.62. The molecule has 0 aliphatic carbocycles. The molecule has 0 saturated carbocycles. The average molecular weight is 248 g/mol. The molecule has 2 rings (SSSR count). The zero-order chi connectivity index (χ0) is 13.1. The van der Waals surface area contributed by atoms with Crippen LogP contribution in [0.5, 0.6) is 0 Å². The summed E-state index contributed by atoms with van der Waals surface area (Å²) in [6.07, 6.45) is 0.369. The van der Waals surface area contributed by atoms with Crippen LogP contribution in [0.1, 0.15) is 34.8 Å². The highest BCUT2D eigenvalue weighted by molar-refractivity contribution is 5.96. The van der Waals surface area contributed by atoms with Crippen LogP contribution in [0.2, 0.25) is 0 Å². The molecule has 5 heteroatoms. The lowest BCUT2D eigenvalue weighted by Crippen LogP contribution is -2.40. The molecule has 1 aliphatic rings. The number of amides is 1. The van der Waals surface area contributed by atoms with E-state index in [-0.39, 0.29) is 5.91 Å². The smallest absolute Gasteiger partial charge is 0.326 e. The molecule has 3 N–H and O–H groups in total. The number of carboxylic acids is 1. The fourth-order valence-electron chi connectivity index (χ4n) is 2.02. The molecule has 1 aromatic rings. The van der Waals surface area contributed by atoms with Gasteiger partial charge in [0.25, 0.3) is 5.91 Å². The SMILES string of the molecule is CC[C@@H](NC(=O)c1ccc2c(c1)CNC2)C(=O)O. The van der Waals surface area contributed by atoms with Gasteiger partial charge in [0.15, 0.2) is 0 Å². The molecule has 18 heavy (non-hydrogen) atoms. The molecule has 1 heterocycles. The van der Waals surface area contributed by atoms with E-state index in [0.29, 0.717) is 12.0 Å². The van der Waals surface area contributed by atoms with Crippen LogP contribution in [0.25, 0.3) is 0 Å². The maximum absolute atomic E-state index is 11.9. The molecule has 96 valence electrons. The highest BCUT2D eigenvalue weighted by Gasteiger charge is 2.19. The topological polar surface area (TPSA) is 78.4 Å². The van der Waals surface area contributed by atoms with E-state index in [1.807, 2.05) is 12.1 Å². The monoisotopic (exact) mass is 248 g/mol. The molecule has 1 atom stereocenters. The Bertz CT molecular complexity index is 485. The number of rotatable bonds is 4. The molecule has 0 radical (unpaired) electrons. The van der Waals surface area contributed by atoms with Crippen LogP contribution >= 0.6 is 0 Å². The van der Waals surface area contributed by atoms with E-state index in [2.05, 4.69) is 10.6 Å². The molecule has 0 bridgehead atoms. The number of benzene rings is 1. The van der Waals surface area contributed by atoms with Crippen molar-refractivity contribution < 1.29 is 14.7 Å². The van der Waals surface area contributed by atoms with Gasteiger partial charge in [-0.05, 0) is 29.7 Å². The molecule has 0 saturated heterocycles. The van der Waals surface area contributed by atoms with Crippen molar-refractivity contribution in [2.75, 3.05) is 0 Å². The van der Waals surface area contributed by atoms with Gasteiger partial charge in [-0.3, -0.25) is 4.79 Å². The van der Waals surface area contributed by atoms with Crippen molar-refractivity contribution in [3.8, 4) is 0 Å². The lowest BCUT2D eigenvalue weighted by atomic mass is 10.1. The second-order valence-electron chi connectivity index (χ2n) is 4.36. The van der Waals surface area contributed by atoms with E-state index in [1.54, 1.807) is 13.0 Å². The first-order valence-electron chi connectivity index (χ1n) is 5.98. The Morgan fingerprint density at radius 2 is 2.11 bits per heavy atom. The summed E-state index contributed by atoms with van der Waals surface area (Å²) in [5.41, 5.74) is 2.81. The van der Waals surface area contributed by atoms with Crippen molar-refractivity contribution >= 4 is 11.9 Å². The third-order valence-electron chi connectivity index (χ3n) is 3.11. The first kappa shape index (κ1) is 12.6. The van der Waals surface area contributed by atoms with Gasteiger partial charge >= 0.3 is 5.97 Å². The molecule has 0 spiro atoms. The number of hydrogen-bond donors (Lipinski definition) is 3. The van der Waals surface area contributed by atoms with Gasteiger partial charge in [-0.1, -0.05) is 13.0 Å². The summed E-state index contributed by atoms with van der Waals surface area (Å²) in [5, 5.41) is 14.6. The summed E-state index contributed by atoms with van der Waals surface area (Å²) in [5.74, 6) is -1.34. The van der Waals surface area contributed by atoms with Crippen molar-refractivity contribution in [2.24, 2.45) is 0 Å². The predicted octanol–water partition coefficient (Wildman–Crippen LogP) is 0.883. The van der Waals surface area contributed by atoms with Crippen LogP contribution in [-0.4, -0.2) is 23.0 Å². The van der Waals surface area contributed by atoms with Gasteiger partial charge in [0.05, 0.1) is 0 Å². The van der Waals surface area contributed by atoms with Crippen LogP contribution in [0.15, 0.2) is 18.2 Å². The second-order valence-corrected chi connectivity index (χ2v) is 4.36. The van der Waals surface area contributed by atoms with Crippen molar-refractivity contribution in [2.45, 2.75) is 32.5 Å². The van der Waals surface area contributed by atoms with Crippen LogP contribution < -0.4 is 10.6 Å². The summed E-state index contributed by atoms with van der Waals surface area (Å²) < 4.78 is 0. The lowest BCUT2D eigenvalue weighted by Gasteiger charge is -2.12. The molecular weight excluding hydrogens is 232 g/mol. The minimum absolute atomic E-state index is 0.334. The third kappa shape index (κ3) is 2.51. The maximum Gasteiger partial charge on any atom is 0.326 e. The molecule has 1 aromatic carbocycles. The third-order valence-corrected chi connectivity index (χ3v) is 3.11. The van der Waals surface area contributed by atoms with E-state index in [0.717, 1.165) is 18.7 Å². The summed E-state index contributed by atoms with van der Waals surface area (Å²) in [6.45, 7) is 3.31. The van der Waals surface area contributed by atoms with Gasteiger partial charge in [-0.15, -0.1) is 0 Å². The van der Waals surface area contributed by atoms with E-state index >= 15 is 0 Å². The molecule has 1 amide bonds. The van der Waals surface area contributed by atoms with Gasteiger partial charge in [0, 0.05) is 18.7 Å². The standard InChI is InChI=1S/C13H16N2O3/c1-2-11(13(17)18)15-12(16)8-3-4-9-6-14-7-10(9)5-8/h3-5,11,14H,2,6-7H2,1H3,(H,15,16)(H,17,18)/t11-/m1/s1. The molecule has 0 aromatic heterocycles. The van der Waals surface area contributed by atoms with Crippen LogP contribution in [0.4, 0.5) is 0 Å². The molecule has 0 unspecified atom stereocenters. The van der Waals surface area contributed by atoms with Gasteiger partial charge < -0.3 is 15.7 Å². The van der Waals surface area contributed by atoms with Gasteiger partial charge in [-0.2, -0.15) is 0 Å². The van der Waals surface area contributed by atoms with Crippen molar-refractivity contribution in [1.82, 2.24) is 10.6 Å². The molecular formula is C13H16N2O3. The lowest BCUT2D eigenvalue weighted by molar-refractivity contribution is -0.139. The summed E-state index contributed by atoms with van der Waals surface area (Å²) in [6, 6.07) is 4.63. The fourth-order valence-corrected chi connectivity index (χ4v) is 2.02. The van der Waals surface area contributed by atoms with E-state index in [4.69, 9.17) is 5.11 Å². The first-order valence-corrected chi connectivity index (χ1v) is 5.98. The summed E-state index contributed by atoms with van der Waals surface area (Å²) >= 11 is 0. The second kappa shape index (κ2) is 5.18. The number of aliphatic carboxylic acids is 1. The largest absolute Gasteiger partial charge is 0.480 e. The number of fused-ring (bicyclic) bond motifs is 1. The zero-order valence-corrected chi connectivity index (χ0v) is 10.2.